The van der Waals surface area contributed by atoms with Crippen LogP contribution < -0.4 is 10.1 Å². The number of hydrogen-bond donors (Lipinski definition) is 1. The Morgan fingerprint density at radius 3 is 2.57 bits per heavy atom. The molecule has 7 nitrogen and oxygen atoms in total. The van der Waals surface area contributed by atoms with Crippen molar-refractivity contribution in [2.45, 2.75) is 23.8 Å². The number of nitrogens with one attached hydrogen (secondary N) is 1. The van der Waals surface area contributed by atoms with Gasteiger partial charge in [-0.05, 0) is 48.9 Å². The van der Waals surface area contributed by atoms with Crippen molar-refractivity contribution in [3.8, 4) is 11.8 Å². The van der Waals surface area contributed by atoms with Crippen LogP contribution in [0, 0.1) is 11.3 Å². The summed E-state index contributed by atoms with van der Waals surface area (Å²) in [6.45, 7) is 1.76. The smallest absolute Gasteiger partial charge is 0.277 e. The zero-order chi connectivity index (χ0) is 19.9. The standard InChI is InChI=1S/C20H18N4O3S/c1-13(19(25)22-16-7-3-15(12-21)4-8-16)28-20-24-23-18(27-20)11-14-5-9-17(26-2)10-6-14/h3-10,13H,11H2,1-2H3,(H,22,25)/t13-/m1/s1. The first-order chi connectivity index (χ1) is 13.6. The van der Waals surface area contributed by atoms with Crippen LogP contribution in [0.15, 0.2) is 58.2 Å². The number of rotatable bonds is 7. The van der Waals surface area contributed by atoms with E-state index in [4.69, 9.17) is 14.4 Å². The number of amides is 1. The average molecular weight is 394 g/mol. The summed E-state index contributed by atoms with van der Waals surface area (Å²) in [6, 6.07) is 16.3. The Hall–Kier alpha value is -3.31. The SMILES string of the molecule is COc1ccc(Cc2nnc(S[C@H](C)C(=O)Nc3ccc(C#N)cc3)o2)cc1. The second-order valence-corrected chi connectivity index (χ2v) is 7.22. The third-order valence-electron chi connectivity index (χ3n) is 3.89. The summed E-state index contributed by atoms with van der Waals surface area (Å²) in [7, 11) is 1.62. The molecule has 0 fully saturated rings. The van der Waals surface area contributed by atoms with Gasteiger partial charge in [0.25, 0.3) is 5.22 Å². The first-order valence-electron chi connectivity index (χ1n) is 8.50. The molecule has 1 N–H and O–H groups in total. The van der Waals surface area contributed by atoms with Crippen molar-refractivity contribution in [3.05, 3.63) is 65.5 Å². The number of aromatic nitrogens is 2. The normalized spacial score (nSPS) is 11.5. The predicted molar refractivity (Wildman–Crippen MR) is 105 cm³/mol. The molecule has 2 aromatic carbocycles. The second kappa shape index (κ2) is 9.06. The summed E-state index contributed by atoms with van der Waals surface area (Å²) in [5, 5.41) is 19.6. The average Bonchev–Trinajstić information content (AvgIpc) is 3.15. The fourth-order valence-corrected chi connectivity index (χ4v) is 3.05. The Morgan fingerprint density at radius 2 is 1.93 bits per heavy atom. The van der Waals surface area contributed by atoms with Gasteiger partial charge in [0, 0.05) is 5.69 Å². The van der Waals surface area contributed by atoms with Gasteiger partial charge in [0.05, 0.1) is 30.4 Å². The monoisotopic (exact) mass is 394 g/mol. The fraction of sp³-hybridized carbons (Fsp3) is 0.200. The van der Waals surface area contributed by atoms with E-state index in [1.54, 1.807) is 38.3 Å². The van der Waals surface area contributed by atoms with Gasteiger partial charge in [0.1, 0.15) is 5.75 Å². The topological polar surface area (TPSA) is 101 Å². The third-order valence-corrected chi connectivity index (χ3v) is 4.83. The molecule has 0 saturated heterocycles. The molecule has 1 heterocycles. The minimum atomic E-state index is -0.426. The molecule has 0 aliphatic rings. The van der Waals surface area contributed by atoms with Crippen molar-refractivity contribution in [2.75, 3.05) is 12.4 Å². The highest BCUT2D eigenvalue weighted by Gasteiger charge is 2.18. The lowest BCUT2D eigenvalue weighted by Crippen LogP contribution is -2.22. The largest absolute Gasteiger partial charge is 0.497 e. The predicted octanol–water partition coefficient (Wildman–Crippen LogP) is 3.66. The molecule has 1 aromatic heterocycles. The number of thioether (sulfide) groups is 1. The molecular weight excluding hydrogens is 376 g/mol. The van der Waals surface area contributed by atoms with Crippen molar-refractivity contribution >= 4 is 23.4 Å². The zero-order valence-electron chi connectivity index (χ0n) is 15.4. The summed E-state index contributed by atoms with van der Waals surface area (Å²) in [5.41, 5.74) is 2.19. The van der Waals surface area contributed by atoms with Crippen molar-refractivity contribution in [3.63, 3.8) is 0 Å². The van der Waals surface area contributed by atoms with Gasteiger partial charge in [-0.15, -0.1) is 10.2 Å². The first-order valence-corrected chi connectivity index (χ1v) is 9.38. The van der Waals surface area contributed by atoms with Crippen LogP contribution in [0.3, 0.4) is 0 Å². The molecule has 0 radical (unpaired) electrons. The van der Waals surface area contributed by atoms with Gasteiger partial charge in [-0.1, -0.05) is 23.9 Å². The molecule has 142 valence electrons. The van der Waals surface area contributed by atoms with E-state index < -0.39 is 5.25 Å². The van der Waals surface area contributed by atoms with Gasteiger partial charge < -0.3 is 14.5 Å². The van der Waals surface area contributed by atoms with E-state index in [0.717, 1.165) is 11.3 Å². The number of hydrogen-bond acceptors (Lipinski definition) is 7. The lowest BCUT2D eigenvalue weighted by Gasteiger charge is -2.09. The van der Waals surface area contributed by atoms with Crippen molar-refractivity contribution < 1.29 is 13.9 Å². The maximum atomic E-state index is 12.3. The number of methoxy groups -OCH3 is 1. The van der Waals surface area contributed by atoms with Crippen LogP contribution in [0.1, 0.15) is 23.9 Å². The lowest BCUT2D eigenvalue weighted by molar-refractivity contribution is -0.115. The van der Waals surface area contributed by atoms with Crippen molar-refractivity contribution in [2.24, 2.45) is 0 Å². The molecule has 1 atom stereocenters. The number of carbonyl (C=O) groups is 1. The highest BCUT2D eigenvalue weighted by atomic mass is 32.2. The van der Waals surface area contributed by atoms with Gasteiger partial charge in [-0.2, -0.15) is 5.26 Å². The summed E-state index contributed by atoms with van der Waals surface area (Å²) in [5.74, 6) is 1.07. The lowest BCUT2D eigenvalue weighted by atomic mass is 10.1. The summed E-state index contributed by atoms with van der Waals surface area (Å²) >= 11 is 1.19. The summed E-state index contributed by atoms with van der Waals surface area (Å²) < 4.78 is 10.8. The van der Waals surface area contributed by atoms with Gasteiger partial charge in [-0.25, -0.2) is 0 Å². The summed E-state index contributed by atoms with van der Waals surface area (Å²) in [6.07, 6.45) is 0.503. The minimum Gasteiger partial charge on any atom is -0.497 e. The molecule has 1 amide bonds. The fourth-order valence-electron chi connectivity index (χ4n) is 2.35. The molecule has 28 heavy (non-hydrogen) atoms. The minimum absolute atomic E-state index is 0.190. The van der Waals surface area contributed by atoms with E-state index in [1.807, 2.05) is 30.3 Å². The Morgan fingerprint density at radius 1 is 1.21 bits per heavy atom. The Bertz CT molecular complexity index is 978. The van der Waals surface area contributed by atoms with Crippen LogP contribution in [0.4, 0.5) is 5.69 Å². The molecule has 8 heteroatoms. The van der Waals surface area contributed by atoms with Crippen LogP contribution in [-0.2, 0) is 11.2 Å². The Labute approximate surface area is 166 Å². The van der Waals surface area contributed by atoms with Gasteiger partial charge in [-0.3, -0.25) is 4.79 Å². The van der Waals surface area contributed by atoms with Gasteiger partial charge in [0.15, 0.2) is 0 Å². The molecule has 0 saturated carbocycles. The van der Waals surface area contributed by atoms with Crippen LogP contribution in [0.2, 0.25) is 0 Å². The molecular formula is C20H18N4O3S. The van der Waals surface area contributed by atoms with Crippen LogP contribution >= 0.6 is 11.8 Å². The number of nitriles is 1. The van der Waals surface area contributed by atoms with Gasteiger partial charge in [0.2, 0.25) is 11.8 Å². The molecule has 3 aromatic rings. The van der Waals surface area contributed by atoms with Crippen LogP contribution in [0.25, 0.3) is 0 Å². The quantitative estimate of drug-likeness (QED) is 0.610. The summed E-state index contributed by atoms with van der Waals surface area (Å²) in [4.78, 5) is 12.3. The molecule has 0 spiro atoms. The number of carbonyl (C=O) groups excluding carboxylic acids is 1. The maximum absolute atomic E-state index is 12.3. The number of benzene rings is 2. The van der Waals surface area contributed by atoms with Crippen molar-refractivity contribution in [1.82, 2.24) is 10.2 Å². The number of nitrogens with zero attached hydrogens (tertiary/aromatic N) is 3. The van der Waals surface area contributed by atoms with Gasteiger partial charge >= 0.3 is 0 Å². The number of ether oxygens (including phenoxy) is 1. The maximum Gasteiger partial charge on any atom is 0.277 e. The van der Waals surface area contributed by atoms with E-state index in [2.05, 4.69) is 15.5 Å². The molecule has 0 unspecified atom stereocenters. The molecule has 0 aliphatic carbocycles. The molecule has 3 rings (SSSR count). The second-order valence-electron chi connectivity index (χ2n) is 5.93. The van der Waals surface area contributed by atoms with E-state index in [1.165, 1.54) is 11.8 Å². The van der Waals surface area contributed by atoms with Crippen molar-refractivity contribution in [1.29, 1.82) is 5.26 Å². The van der Waals surface area contributed by atoms with Crippen LogP contribution in [0.5, 0.6) is 5.75 Å². The van der Waals surface area contributed by atoms with E-state index in [-0.39, 0.29) is 5.91 Å². The van der Waals surface area contributed by atoms with E-state index in [0.29, 0.717) is 28.8 Å². The van der Waals surface area contributed by atoms with E-state index in [9.17, 15) is 4.79 Å². The first kappa shape index (κ1) is 19.5. The highest BCUT2D eigenvalue weighted by Crippen LogP contribution is 2.24. The zero-order valence-corrected chi connectivity index (χ0v) is 16.2. The highest BCUT2D eigenvalue weighted by molar-refractivity contribution is 8.00. The Kier molecular flexibility index (Phi) is 6.29. The molecule has 0 aliphatic heterocycles. The van der Waals surface area contributed by atoms with E-state index >= 15 is 0 Å². The molecule has 0 bridgehead atoms. The third kappa shape index (κ3) is 5.11. The Balaban J connectivity index is 1.55. The number of anilines is 1. The van der Waals surface area contributed by atoms with Crippen LogP contribution in [-0.4, -0.2) is 28.5 Å².